The molecule has 0 radical (unpaired) electrons. The molecule has 154 valence electrons. The first-order valence-corrected chi connectivity index (χ1v) is 10.5. The van der Waals surface area contributed by atoms with E-state index < -0.39 is 0 Å². The Morgan fingerprint density at radius 1 is 1.03 bits per heavy atom. The van der Waals surface area contributed by atoms with Gasteiger partial charge in [0.2, 0.25) is 0 Å². The van der Waals surface area contributed by atoms with Crippen molar-refractivity contribution in [2.75, 3.05) is 26.1 Å². The molecule has 2 aromatic rings. The van der Waals surface area contributed by atoms with Crippen LogP contribution in [0.1, 0.15) is 31.2 Å². The number of hydrogen-bond donors (Lipinski definition) is 0. The van der Waals surface area contributed by atoms with Gasteiger partial charge in [-0.15, -0.1) is 0 Å². The molecule has 0 aliphatic carbocycles. The van der Waals surface area contributed by atoms with Gasteiger partial charge in [-0.25, -0.2) is 4.79 Å². The highest BCUT2D eigenvalue weighted by Gasteiger charge is 2.50. The molecule has 4 rings (SSSR count). The first-order chi connectivity index (χ1) is 14.0. The van der Waals surface area contributed by atoms with E-state index in [1.807, 2.05) is 54.6 Å². The van der Waals surface area contributed by atoms with Gasteiger partial charge >= 0.3 is 6.09 Å². The molecule has 2 fully saturated rings. The summed E-state index contributed by atoms with van der Waals surface area (Å²) < 4.78 is 12.5. The number of amides is 1. The number of ether oxygens (including phenoxy) is 2. The van der Waals surface area contributed by atoms with Gasteiger partial charge in [0.25, 0.3) is 0 Å². The lowest BCUT2D eigenvalue weighted by Crippen LogP contribution is -2.56. The number of piperidine rings is 1. The molecule has 2 bridgehead atoms. The Balaban J connectivity index is 1.51. The van der Waals surface area contributed by atoms with Crippen LogP contribution in [0.15, 0.2) is 54.6 Å². The van der Waals surface area contributed by atoms with Gasteiger partial charge in [-0.2, -0.15) is 0 Å². The minimum absolute atomic E-state index is 0.00247. The Hall–Kier alpha value is -2.53. The second-order valence-electron chi connectivity index (χ2n) is 8.76. The zero-order valence-corrected chi connectivity index (χ0v) is 17.6. The van der Waals surface area contributed by atoms with Gasteiger partial charge in [0.15, 0.2) is 0 Å². The van der Waals surface area contributed by atoms with Crippen molar-refractivity contribution in [3.63, 3.8) is 0 Å². The van der Waals surface area contributed by atoms with E-state index in [2.05, 4.69) is 14.1 Å². The first kappa shape index (κ1) is 19.8. The molecule has 0 aromatic heterocycles. The number of nitrogens with zero attached hydrogens (tertiary/aromatic N) is 2. The van der Waals surface area contributed by atoms with Crippen LogP contribution in [0.5, 0.6) is 5.75 Å². The fraction of sp³-hybridized carbons (Fsp3) is 0.458. The molecule has 2 aliphatic rings. The van der Waals surface area contributed by atoms with E-state index in [0.29, 0.717) is 18.6 Å². The van der Waals surface area contributed by atoms with E-state index in [-0.39, 0.29) is 12.2 Å². The number of carbonyl (C=O) groups excluding carboxylic acids is 1. The Morgan fingerprint density at radius 3 is 2.38 bits per heavy atom. The third kappa shape index (κ3) is 4.10. The Bertz CT molecular complexity index is 836. The summed E-state index contributed by atoms with van der Waals surface area (Å²) in [5.41, 5.74) is 1.85. The van der Waals surface area contributed by atoms with Gasteiger partial charge in [0, 0.05) is 31.4 Å². The smallest absolute Gasteiger partial charge is 0.414 e. The molecule has 5 heteroatoms. The second-order valence-corrected chi connectivity index (χ2v) is 8.76. The number of fused-ring (bicyclic) bond motifs is 2. The summed E-state index contributed by atoms with van der Waals surface area (Å²) in [5.74, 6) is 0.785. The maximum absolute atomic E-state index is 13.2. The molecule has 2 aromatic carbocycles. The summed E-state index contributed by atoms with van der Waals surface area (Å²) in [6, 6.07) is 18.8. The summed E-state index contributed by atoms with van der Waals surface area (Å²) >= 11 is 0. The van der Waals surface area contributed by atoms with Crippen LogP contribution in [0.2, 0.25) is 0 Å². The summed E-state index contributed by atoms with van der Waals surface area (Å²) in [7, 11) is 6.29. The maximum atomic E-state index is 13.2. The first-order valence-electron chi connectivity index (χ1n) is 10.5. The van der Waals surface area contributed by atoms with E-state index >= 15 is 0 Å². The zero-order valence-electron chi connectivity index (χ0n) is 17.6. The lowest BCUT2D eigenvalue weighted by atomic mass is 9.98. The van der Waals surface area contributed by atoms with Crippen molar-refractivity contribution in [1.82, 2.24) is 0 Å². The lowest BCUT2D eigenvalue weighted by Gasteiger charge is -2.44. The zero-order chi connectivity index (χ0) is 20.4. The fourth-order valence-corrected chi connectivity index (χ4v) is 4.96. The second kappa shape index (κ2) is 8.07. The average Bonchev–Trinajstić information content (AvgIpc) is 2.88. The molecule has 29 heavy (non-hydrogen) atoms. The molecule has 0 spiro atoms. The highest BCUT2D eigenvalue weighted by Crippen LogP contribution is 2.40. The van der Waals surface area contributed by atoms with Crippen LogP contribution in [0.25, 0.3) is 0 Å². The summed E-state index contributed by atoms with van der Waals surface area (Å²) in [6.45, 7) is 0.446. The highest BCUT2D eigenvalue weighted by atomic mass is 16.6. The Morgan fingerprint density at radius 2 is 1.72 bits per heavy atom. The van der Waals surface area contributed by atoms with Crippen molar-refractivity contribution in [3.05, 3.63) is 60.2 Å². The lowest BCUT2D eigenvalue weighted by molar-refractivity contribution is -0.931. The van der Waals surface area contributed by atoms with Crippen molar-refractivity contribution in [3.8, 4) is 5.75 Å². The van der Waals surface area contributed by atoms with Gasteiger partial charge in [-0.1, -0.05) is 30.3 Å². The van der Waals surface area contributed by atoms with E-state index in [1.165, 1.54) is 12.8 Å². The van der Waals surface area contributed by atoms with Crippen molar-refractivity contribution >= 4 is 11.8 Å². The van der Waals surface area contributed by atoms with Gasteiger partial charge in [-0.05, 0) is 29.8 Å². The topological polar surface area (TPSA) is 38.8 Å². The van der Waals surface area contributed by atoms with Gasteiger partial charge < -0.3 is 14.0 Å². The third-order valence-electron chi connectivity index (χ3n) is 6.82. The largest absolute Gasteiger partial charge is 0.497 e. The molecule has 1 amide bonds. The number of rotatable bonds is 5. The normalized spacial score (nSPS) is 24.7. The standard InChI is InChI=1S/C24H31N2O3/c1-26(2)20-12-13-21(26)16-23(15-20)29-24(27)25(19-9-5-4-6-10-19)17-18-8-7-11-22(14-18)28-3/h4-11,14,20-21,23H,12-13,15-17H2,1-3H3/q+1/t20-,21+,23?. The molecule has 0 saturated carbocycles. The SMILES string of the molecule is COc1cccc(CN(C(=O)OC2C[C@H]3CC[C@@H](C2)[N+]3(C)C)c2ccccc2)c1. The fourth-order valence-electron chi connectivity index (χ4n) is 4.96. The van der Waals surface area contributed by atoms with Crippen molar-refractivity contribution < 1.29 is 18.8 Å². The molecular weight excluding hydrogens is 364 g/mol. The van der Waals surface area contributed by atoms with Crippen molar-refractivity contribution in [1.29, 1.82) is 0 Å². The van der Waals surface area contributed by atoms with Crippen molar-refractivity contribution in [2.24, 2.45) is 0 Å². The molecule has 2 aliphatic heterocycles. The number of anilines is 1. The Kier molecular flexibility index (Phi) is 5.50. The van der Waals surface area contributed by atoms with Crippen LogP contribution in [0.4, 0.5) is 10.5 Å². The molecule has 3 atom stereocenters. The summed E-state index contributed by atoms with van der Waals surface area (Å²) in [6.07, 6.45) is 4.11. The molecule has 2 heterocycles. The molecule has 2 saturated heterocycles. The van der Waals surface area contributed by atoms with E-state index in [1.54, 1.807) is 12.0 Å². The number of hydrogen-bond acceptors (Lipinski definition) is 3. The predicted molar refractivity (Wildman–Crippen MR) is 114 cm³/mol. The number of methoxy groups -OCH3 is 1. The maximum Gasteiger partial charge on any atom is 0.414 e. The third-order valence-corrected chi connectivity index (χ3v) is 6.82. The van der Waals surface area contributed by atoms with Gasteiger partial charge in [0.05, 0.1) is 39.8 Å². The molecule has 5 nitrogen and oxygen atoms in total. The van der Waals surface area contributed by atoms with Crippen LogP contribution in [0.3, 0.4) is 0 Å². The van der Waals surface area contributed by atoms with E-state index in [0.717, 1.165) is 34.3 Å². The highest BCUT2D eigenvalue weighted by molar-refractivity contribution is 5.87. The van der Waals surface area contributed by atoms with Crippen LogP contribution in [0, 0.1) is 0 Å². The molecule has 1 unspecified atom stereocenters. The average molecular weight is 396 g/mol. The number of para-hydroxylation sites is 1. The number of carbonyl (C=O) groups is 1. The number of benzene rings is 2. The minimum atomic E-state index is -0.268. The van der Waals surface area contributed by atoms with E-state index in [9.17, 15) is 4.79 Å². The Labute approximate surface area is 173 Å². The minimum Gasteiger partial charge on any atom is -0.497 e. The molecule has 0 N–H and O–H groups in total. The van der Waals surface area contributed by atoms with Crippen LogP contribution in [-0.4, -0.2) is 50.0 Å². The van der Waals surface area contributed by atoms with Crippen LogP contribution < -0.4 is 9.64 Å². The quantitative estimate of drug-likeness (QED) is 0.694. The monoisotopic (exact) mass is 395 g/mol. The predicted octanol–water partition coefficient (Wildman–Crippen LogP) is 4.61. The summed E-state index contributed by atoms with van der Waals surface area (Å²) in [5, 5.41) is 0. The van der Waals surface area contributed by atoms with Crippen molar-refractivity contribution in [2.45, 2.75) is 50.4 Å². The molecular formula is C24H31N2O3+. The summed E-state index contributed by atoms with van der Waals surface area (Å²) in [4.78, 5) is 15.0. The van der Waals surface area contributed by atoms with Crippen LogP contribution >= 0.6 is 0 Å². The van der Waals surface area contributed by atoms with E-state index in [4.69, 9.17) is 9.47 Å². The van der Waals surface area contributed by atoms with Gasteiger partial charge in [0.1, 0.15) is 11.9 Å². The number of quaternary nitrogens is 1. The van der Waals surface area contributed by atoms with Crippen LogP contribution in [-0.2, 0) is 11.3 Å². The van der Waals surface area contributed by atoms with Gasteiger partial charge in [-0.3, -0.25) is 4.90 Å².